The van der Waals surface area contributed by atoms with Crippen molar-refractivity contribution < 1.29 is 18.3 Å². The second-order valence-corrected chi connectivity index (χ2v) is 6.06. The van der Waals surface area contributed by atoms with Crippen LogP contribution in [0, 0.1) is 23.5 Å². The molecule has 0 bridgehead atoms. The highest BCUT2D eigenvalue weighted by Crippen LogP contribution is 2.23. The minimum Gasteiger partial charge on any atom is -0.457 e. The van der Waals surface area contributed by atoms with Crippen LogP contribution in [0.2, 0.25) is 0 Å². The highest BCUT2D eigenvalue weighted by Gasteiger charge is 2.09. The molecule has 0 aliphatic heterocycles. The first-order valence-corrected chi connectivity index (χ1v) is 8.87. The Hall–Kier alpha value is -3.65. The third-order valence-electron chi connectivity index (χ3n) is 3.86. The van der Waals surface area contributed by atoms with Gasteiger partial charge in [-0.25, -0.2) is 13.6 Å². The van der Waals surface area contributed by atoms with E-state index in [4.69, 9.17) is 4.74 Å². The van der Waals surface area contributed by atoms with Crippen LogP contribution >= 0.6 is 12.2 Å². The Morgan fingerprint density at radius 2 is 1.55 bits per heavy atom. The van der Waals surface area contributed by atoms with Gasteiger partial charge in [0.15, 0.2) is 11.6 Å². The van der Waals surface area contributed by atoms with Crippen molar-refractivity contribution in [3.8, 4) is 11.8 Å². The summed E-state index contributed by atoms with van der Waals surface area (Å²) in [6, 6.07) is 17.9. The molecule has 0 fully saturated rings. The summed E-state index contributed by atoms with van der Waals surface area (Å²) in [7, 11) is 0. The first kappa shape index (κ1) is 20.1. The molecule has 0 amide bonds. The molecular formula is C23H13F2NO2S. The van der Waals surface area contributed by atoms with E-state index < -0.39 is 23.3 Å². The highest BCUT2D eigenvalue weighted by molar-refractivity contribution is 7.78. The van der Waals surface area contributed by atoms with Gasteiger partial charge in [-0.1, -0.05) is 42.2 Å². The summed E-state index contributed by atoms with van der Waals surface area (Å²) < 4.78 is 32.9. The normalized spacial score (nSPS) is 9.72. The van der Waals surface area contributed by atoms with E-state index in [-0.39, 0.29) is 12.2 Å². The fourth-order valence-electron chi connectivity index (χ4n) is 2.43. The van der Waals surface area contributed by atoms with Gasteiger partial charge in [0.2, 0.25) is 0 Å². The van der Waals surface area contributed by atoms with Gasteiger partial charge in [0.1, 0.15) is 12.3 Å². The number of thiocarbonyl (C=S) groups is 1. The van der Waals surface area contributed by atoms with Crippen molar-refractivity contribution in [2.24, 2.45) is 4.99 Å². The SMILES string of the molecule is O=C(OCc1ccccc1)c1ccc(C#Cc2cc(F)c(N=C=S)c(F)c2)cc1. The first-order valence-electron chi connectivity index (χ1n) is 8.47. The molecule has 142 valence electrons. The van der Waals surface area contributed by atoms with Crippen LogP contribution in [0.25, 0.3) is 0 Å². The van der Waals surface area contributed by atoms with Gasteiger partial charge in [0.05, 0.1) is 10.7 Å². The predicted molar refractivity (Wildman–Crippen MR) is 109 cm³/mol. The molecule has 6 heteroatoms. The summed E-state index contributed by atoms with van der Waals surface area (Å²) in [5, 5.41) is 1.93. The van der Waals surface area contributed by atoms with E-state index in [9.17, 15) is 13.6 Å². The standard InChI is InChI=1S/C23H13F2NO2S/c24-20-12-18(13-21(25)22(20)26-15-29)7-6-16-8-10-19(11-9-16)23(27)28-14-17-4-2-1-3-5-17/h1-5,8-13H,14H2. The zero-order valence-corrected chi connectivity index (χ0v) is 15.8. The van der Waals surface area contributed by atoms with Gasteiger partial charge in [0, 0.05) is 11.1 Å². The summed E-state index contributed by atoms with van der Waals surface area (Å²) in [6.07, 6.45) is 0. The molecule has 3 rings (SSSR count). The van der Waals surface area contributed by atoms with Gasteiger partial charge in [-0.2, -0.15) is 4.99 Å². The van der Waals surface area contributed by atoms with Crippen molar-refractivity contribution in [3.05, 3.63) is 101 Å². The van der Waals surface area contributed by atoms with E-state index in [0.29, 0.717) is 11.1 Å². The number of carbonyl (C=O) groups is 1. The Balaban J connectivity index is 1.68. The number of isothiocyanates is 1. The maximum atomic E-state index is 13.8. The van der Waals surface area contributed by atoms with E-state index in [2.05, 4.69) is 29.1 Å². The topological polar surface area (TPSA) is 38.7 Å². The van der Waals surface area contributed by atoms with Crippen LogP contribution in [0.3, 0.4) is 0 Å². The van der Waals surface area contributed by atoms with Crippen molar-refractivity contribution >= 4 is 29.0 Å². The van der Waals surface area contributed by atoms with E-state index in [1.807, 2.05) is 35.5 Å². The van der Waals surface area contributed by atoms with Crippen LogP contribution in [0.5, 0.6) is 0 Å². The van der Waals surface area contributed by atoms with Crippen LogP contribution in [-0.2, 0) is 11.3 Å². The van der Waals surface area contributed by atoms with Gasteiger partial charge in [-0.05, 0) is 54.2 Å². The van der Waals surface area contributed by atoms with Gasteiger partial charge >= 0.3 is 5.97 Å². The van der Waals surface area contributed by atoms with Crippen LogP contribution in [0.4, 0.5) is 14.5 Å². The minimum atomic E-state index is -0.872. The maximum Gasteiger partial charge on any atom is 0.338 e. The Morgan fingerprint density at radius 1 is 0.931 bits per heavy atom. The third-order valence-corrected chi connectivity index (χ3v) is 3.95. The first-order chi connectivity index (χ1) is 14.1. The van der Waals surface area contributed by atoms with E-state index >= 15 is 0 Å². The summed E-state index contributed by atoms with van der Waals surface area (Å²) in [5.74, 6) is 3.27. The van der Waals surface area contributed by atoms with Crippen molar-refractivity contribution in [3.63, 3.8) is 0 Å². The fourth-order valence-corrected chi connectivity index (χ4v) is 2.52. The molecule has 0 unspecified atom stereocenters. The Kier molecular flexibility index (Phi) is 6.59. The lowest BCUT2D eigenvalue weighted by Crippen LogP contribution is -2.05. The number of rotatable bonds is 4. The number of halogens is 2. The zero-order chi connectivity index (χ0) is 20.6. The largest absolute Gasteiger partial charge is 0.457 e. The third kappa shape index (κ3) is 5.43. The van der Waals surface area contributed by atoms with E-state index in [1.54, 1.807) is 24.3 Å². The number of hydrogen-bond acceptors (Lipinski definition) is 4. The predicted octanol–water partition coefficient (Wildman–Crippen LogP) is 5.46. The maximum absolute atomic E-state index is 13.8. The van der Waals surface area contributed by atoms with Gasteiger partial charge in [0.25, 0.3) is 0 Å². The van der Waals surface area contributed by atoms with Crippen LogP contribution in [0.1, 0.15) is 27.0 Å². The zero-order valence-electron chi connectivity index (χ0n) is 15.0. The quantitative estimate of drug-likeness (QED) is 0.251. The molecule has 0 aliphatic rings. The summed E-state index contributed by atoms with van der Waals surface area (Å²) in [5.41, 5.74) is 1.50. The highest BCUT2D eigenvalue weighted by atomic mass is 32.1. The fraction of sp³-hybridized carbons (Fsp3) is 0.0435. The van der Waals surface area contributed by atoms with Crippen molar-refractivity contribution in [2.75, 3.05) is 0 Å². The molecule has 3 aromatic carbocycles. The molecule has 3 nitrogen and oxygen atoms in total. The second-order valence-electron chi connectivity index (χ2n) is 5.88. The Morgan fingerprint density at radius 3 is 2.17 bits per heavy atom. The number of esters is 1. The average molecular weight is 405 g/mol. The molecule has 0 saturated heterocycles. The number of aliphatic imine (C=N–C) groups is 1. The average Bonchev–Trinajstić information content (AvgIpc) is 2.74. The van der Waals surface area contributed by atoms with Gasteiger partial charge in [-0.3, -0.25) is 0 Å². The molecule has 29 heavy (non-hydrogen) atoms. The monoisotopic (exact) mass is 405 g/mol. The van der Waals surface area contributed by atoms with E-state index in [0.717, 1.165) is 17.7 Å². The molecule has 0 atom stereocenters. The Labute approximate surface area is 171 Å². The van der Waals surface area contributed by atoms with Gasteiger partial charge in [-0.15, -0.1) is 0 Å². The van der Waals surface area contributed by atoms with Crippen LogP contribution in [-0.4, -0.2) is 11.1 Å². The molecule has 0 spiro atoms. The smallest absolute Gasteiger partial charge is 0.338 e. The molecule has 0 aromatic heterocycles. The van der Waals surface area contributed by atoms with Crippen molar-refractivity contribution in [1.29, 1.82) is 0 Å². The van der Waals surface area contributed by atoms with Crippen molar-refractivity contribution in [2.45, 2.75) is 6.61 Å². The lowest BCUT2D eigenvalue weighted by molar-refractivity contribution is 0.0472. The minimum absolute atomic E-state index is 0.148. The molecule has 0 radical (unpaired) electrons. The van der Waals surface area contributed by atoms with Crippen LogP contribution < -0.4 is 0 Å². The van der Waals surface area contributed by atoms with E-state index in [1.165, 1.54) is 0 Å². The van der Waals surface area contributed by atoms with Crippen LogP contribution in [0.15, 0.2) is 71.7 Å². The number of benzene rings is 3. The number of nitrogens with zero attached hydrogens (tertiary/aromatic N) is 1. The summed E-state index contributed by atoms with van der Waals surface area (Å²) in [6.45, 7) is 0.182. The second kappa shape index (κ2) is 9.52. The molecule has 0 saturated carbocycles. The number of ether oxygens (including phenoxy) is 1. The molecule has 0 N–H and O–H groups in total. The number of carbonyl (C=O) groups excluding carboxylic acids is 1. The molecular weight excluding hydrogens is 392 g/mol. The molecule has 0 heterocycles. The molecule has 3 aromatic rings. The lowest BCUT2D eigenvalue weighted by Gasteiger charge is -2.05. The van der Waals surface area contributed by atoms with Crippen molar-refractivity contribution in [1.82, 2.24) is 0 Å². The van der Waals surface area contributed by atoms with Gasteiger partial charge < -0.3 is 4.74 Å². The summed E-state index contributed by atoms with van der Waals surface area (Å²) in [4.78, 5) is 15.5. The molecule has 0 aliphatic carbocycles. The lowest BCUT2D eigenvalue weighted by atomic mass is 10.1. The number of hydrogen-bond donors (Lipinski definition) is 0. The Bertz CT molecular complexity index is 1120. The summed E-state index contributed by atoms with van der Waals surface area (Å²) >= 11 is 4.36.